The Bertz CT molecular complexity index is 442. The monoisotopic (exact) mass is 277 g/mol. The predicted octanol–water partition coefficient (Wildman–Crippen LogP) is 0.931. The van der Waals surface area contributed by atoms with Crippen molar-refractivity contribution in [3.05, 3.63) is 29.8 Å². The molecule has 0 aliphatic carbocycles. The molecule has 2 rings (SSSR count). The van der Waals surface area contributed by atoms with Gasteiger partial charge < -0.3 is 21.1 Å². The number of hydrogen-bond acceptors (Lipinski definition) is 4. The van der Waals surface area contributed by atoms with E-state index in [0.29, 0.717) is 13.0 Å². The number of amides is 1. The number of aliphatic hydroxyl groups is 1. The number of carbonyl (C=O) groups is 1. The molecule has 0 bridgehead atoms. The Balaban J connectivity index is 1.74. The fraction of sp³-hybridized carbons (Fsp3) is 0.533. The van der Waals surface area contributed by atoms with Gasteiger partial charge in [-0.15, -0.1) is 0 Å². The van der Waals surface area contributed by atoms with E-state index in [9.17, 15) is 9.90 Å². The van der Waals surface area contributed by atoms with Crippen LogP contribution in [0.3, 0.4) is 0 Å². The van der Waals surface area contributed by atoms with Gasteiger partial charge in [0.1, 0.15) is 0 Å². The molecule has 0 radical (unpaired) electrons. The second-order valence-corrected chi connectivity index (χ2v) is 5.28. The lowest BCUT2D eigenvalue weighted by molar-refractivity contribution is -0.116. The molecule has 1 aliphatic heterocycles. The number of piperidine rings is 1. The third kappa shape index (κ3) is 4.59. The molecule has 0 unspecified atom stereocenters. The highest BCUT2D eigenvalue weighted by atomic mass is 16.3. The smallest absolute Gasteiger partial charge is 0.225 e. The van der Waals surface area contributed by atoms with Crippen molar-refractivity contribution in [2.45, 2.75) is 31.9 Å². The molecular weight excluding hydrogens is 254 g/mol. The van der Waals surface area contributed by atoms with Crippen LogP contribution in [0, 0.1) is 0 Å². The highest BCUT2D eigenvalue weighted by Gasteiger charge is 2.17. The molecule has 1 amide bonds. The fourth-order valence-corrected chi connectivity index (χ4v) is 2.40. The van der Waals surface area contributed by atoms with Crippen molar-refractivity contribution in [3.8, 4) is 0 Å². The van der Waals surface area contributed by atoms with Gasteiger partial charge >= 0.3 is 0 Å². The molecule has 0 spiro atoms. The van der Waals surface area contributed by atoms with Gasteiger partial charge in [0.2, 0.25) is 5.91 Å². The van der Waals surface area contributed by atoms with Crippen LogP contribution < -0.4 is 11.1 Å². The van der Waals surface area contributed by atoms with Crippen LogP contribution in [0.1, 0.15) is 24.8 Å². The number of nitrogens with one attached hydrogen (secondary N) is 1. The molecule has 0 saturated carbocycles. The van der Waals surface area contributed by atoms with Crippen LogP contribution in [0.5, 0.6) is 0 Å². The number of benzene rings is 1. The lowest BCUT2D eigenvalue weighted by Gasteiger charge is -2.29. The Morgan fingerprint density at radius 1 is 1.40 bits per heavy atom. The standard InChI is InChI=1S/C15H23N3O2/c16-11-12-2-1-3-13(10-12)17-15(20)6-9-18-7-4-14(19)5-8-18/h1-3,10,14,19H,4-9,11,16H2,(H,17,20). The minimum absolute atomic E-state index is 0.0188. The third-order valence-electron chi connectivity index (χ3n) is 3.66. The zero-order valence-electron chi connectivity index (χ0n) is 11.7. The molecular formula is C15H23N3O2. The average Bonchev–Trinajstić information content (AvgIpc) is 2.47. The number of nitrogens with two attached hydrogens (primary N) is 1. The molecule has 0 atom stereocenters. The van der Waals surface area contributed by atoms with E-state index in [0.717, 1.165) is 43.7 Å². The van der Waals surface area contributed by atoms with Gasteiger partial charge in [-0.2, -0.15) is 0 Å². The van der Waals surface area contributed by atoms with Crippen molar-refractivity contribution in [3.63, 3.8) is 0 Å². The molecule has 1 aromatic rings. The zero-order chi connectivity index (χ0) is 14.4. The summed E-state index contributed by atoms with van der Waals surface area (Å²) in [6, 6.07) is 7.60. The van der Waals surface area contributed by atoms with E-state index < -0.39 is 0 Å². The van der Waals surface area contributed by atoms with Crippen LogP contribution >= 0.6 is 0 Å². The van der Waals surface area contributed by atoms with E-state index in [4.69, 9.17) is 5.73 Å². The minimum Gasteiger partial charge on any atom is -0.393 e. The van der Waals surface area contributed by atoms with Crippen LogP contribution in [-0.4, -0.2) is 41.7 Å². The first-order chi connectivity index (χ1) is 9.67. The fourth-order valence-electron chi connectivity index (χ4n) is 2.40. The van der Waals surface area contributed by atoms with Gasteiger partial charge in [-0.05, 0) is 30.5 Å². The molecule has 1 fully saturated rings. The van der Waals surface area contributed by atoms with E-state index in [2.05, 4.69) is 10.2 Å². The Kier molecular flexibility index (Phi) is 5.52. The van der Waals surface area contributed by atoms with E-state index in [1.165, 1.54) is 0 Å². The molecule has 5 nitrogen and oxygen atoms in total. The Morgan fingerprint density at radius 2 is 2.15 bits per heavy atom. The molecule has 1 aliphatic rings. The maximum atomic E-state index is 11.9. The quantitative estimate of drug-likeness (QED) is 0.748. The summed E-state index contributed by atoms with van der Waals surface area (Å²) in [6.07, 6.45) is 1.92. The summed E-state index contributed by atoms with van der Waals surface area (Å²) >= 11 is 0. The summed E-state index contributed by atoms with van der Waals surface area (Å²) in [7, 11) is 0. The van der Waals surface area contributed by atoms with Crippen molar-refractivity contribution >= 4 is 11.6 Å². The van der Waals surface area contributed by atoms with Crippen LogP contribution in [-0.2, 0) is 11.3 Å². The predicted molar refractivity (Wildman–Crippen MR) is 79.3 cm³/mol. The molecule has 1 heterocycles. The first kappa shape index (κ1) is 15.0. The summed E-state index contributed by atoms with van der Waals surface area (Å²) in [5, 5.41) is 12.3. The van der Waals surface area contributed by atoms with Gasteiger partial charge in [0.05, 0.1) is 6.10 Å². The summed E-state index contributed by atoms with van der Waals surface area (Å²) in [6.45, 7) is 2.96. The summed E-state index contributed by atoms with van der Waals surface area (Å²) in [5.74, 6) is 0.0188. The van der Waals surface area contributed by atoms with Gasteiger partial charge in [-0.3, -0.25) is 4.79 Å². The van der Waals surface area contributed by atoms with Gasteiger partial charge in [0.25, 0.3) is 0 Å². The van der Waals surface area contributed by atoms with Crippen LogP contribution in [0.4, 0.5) is 5.69 Å². The molecule has 1 aromatic carbocycles. The largest absolute Gasteiger partial charge is 0.393 e. The number of anilines is 1. The van der Waals surface area contributed by atoms with Crippen LogP contribution in [0.25, 0.3) is 0 Å². The van der Waals surface area contributed by atoms with E-state index in [1.807, 2.05) is 24.3 Å². The molecule has 1 saturated heterocycles. The number of aliphatic hydroxyl groups excluding tert-OH is 1. The zero-order valence-corrected chi connectivity index (χ0v) is 11.7. The molecule has 20 heavy (non-hydrogen) atoms. The van der Waals surface area contributed by atoms with Crippen molar-refractivity contribution in [2.24, 2.45) is 5.73 Å². The number of nitrogens with zero attached hydrogens (tertiary/aromatic N) is 1. The highest BCUT2D eigenvalue weighted by Crippen LogP contribution is 2.12. The van der Waals surface area contributed by atoms with E-state index in [1.54, 1.807) is 0 Å². The Labute approximate surface area is 119 Å². The first-order valence-corrected chi connectivity index (χ1v) is 7.16. The maximum absolute atomic E-state index is 11.9. The van der Waals surface area contributed by atoms with Crippen LogP contribution in [0.15, 0.2) is 24.3 Å². The Morgan fingerprint density at radius 3 is 2.85 bits per heavy atom. The molecule has 110 valence electrons. The van der Waals surface area contributed by atoms with E-state index in [-0.39, 0.29) is 12.0 Å². The minimum atomic E-state index is -0.168. The number of carbonyl (C=O) groups excluding carboxylic acids is 1. The highest BCUT2D eigenvalue weighted by molar-refractivity contribution is 5.90. The van der Waals surface area contributed by atoms with Crippen molar-refractivity contribution in [1.29, 1.82) is 0 Å². The molecule has 4 N–H and O–H groups in total. The second-order valence-electron chi connectivity index (χ2n) is 5.28. The number of hydrogen-bond donors (Lipinski definition) is 3. The summed E-state index contributed by atoms with van der Waals surface area (Å²) < 4.78 is 0. The number of rotatable bonds is 5. The first-order valence-electron chi connectivity index (χ1n) is 7.16. The summed E-state index contributed by atoms with van der Waals surface area (Å²) in [5.41, 5.74) is 7.38. The lowest BCUT2D eigenvalue weighted by Crippen LogP contribution is -2.37. The normalized spacial score (nSPS) is 17.1. The third-order valence-corrected chi connectivity index (χ3v) is 3.66. The van der Waals surface area contributed by atoms with Gasteiger partial charge in [-0.1, -0.05) is 12.1 Å². The topological polar surface area (TPSA) is 78.6 Å². The lowest BCUT2D eigenvalue weighted by atomic mass is 10.1. The SMILES string of the molecule is NCc1cccc(NC(=O)CCN2CCC(O)CC2)c1. The Hall–Kier alpha value is -1.43. The number of likely N-dealkylation sites (tertiary alicyclic amines) is 1. The van der Waals surface area contributed by atoms with Crippen LogP contribution in [0.2, 0.25) is 0 Å². The van der Waals surface area contributed by atoms with Crippen molar-refractivity contribution < 1.29 is 9.90 Å². The van der Waals surface area contributed by atoms with Gasteiger partial charge in [0, 0.05) is 38.3 Å². The van der Waals surface area contributed by atoms with E-state index >= 15 is 0 Å². The van der Waals surface area contributed by atoms with Crippen molar-refractivity contribution in [2.75, 3.05) is 25.0 Å². The second kappa shape index (κ2) is 7.38. The van der Waals surface area contributed by atoms with Gasteiger partial charge in [-0.25, -0.2) is 0 Å². The molecule has 0 aromatic heterocycles. The molecule has 5 heteroatoms. The van der Waals surface area contributed by atoms with Gasteiger partial charge in [0.15, 0.2) is 0 Å². The average molecular weight is 277 g/mol. The summed E-state index contributed by atoms with van der Waals surface area (Å²) in [4.78, 5) is 14.1. The van der Waals surface area contributed by atoms with Crippen molar-refractivity contribution in [1.82, 2.24) is 4.90 Å². The maximum Gasteiger partial charge on any atom is 0.225 e.